The molecule has 1 saturated carbocycles. The third-order valence-corrected chi connectivity index (χ3v) is 5.45. The van der Waals surface area contributed by atoms with Crippen molar-refractivity contribution in [3.8, 4) is 0 Å². The van der Waals surface area contributed by atoms with Crippen LogP contribution < -0.4 is 16.0 Å². The summed E-state index contributed by atoms with van der Waals surface area (Å²) in [6.07, 6.45) is 6.39. The van der Waals surface area contributed by atoms with E-state index >= 15 is 0 Å². The molecule has 7 heteroatoms. The summed E-state index contributed by atoms with van der Waals surface area (Å²) in [4.78, 5) is 16.5. The van der Waals surface area contributed by atoms with Crippen LogP contribution in [0.25, 0.3) is 11.7 Å². The number of anilines is 2. The molecule has 30 heavy (non-hydrogen) atoms. The number of allylic oxidation sites excluding steroid dienone is 1. The second kappa shape index (κ2) is 7.33. The number of carbonyl (C=O) groups is 1. The zero-order valence-corrected chi connectivity index (χ0v) is 16.9. The smallest absolute Gasteiger partial charge is 0.228 e. The number of amides is 1. The molecule has 1 aromatic carbocycles. The van der Waals surface area contributed by atoms with Crippen LogP contribution in [-0.2, 0) is 4.79 Å². The Morgan fingerprint density at radius 1 is 1.30 bits per heavy atom. The van der Waals surface area contributed by atoms with Crippen LogP contribution in [0.3, 0.4) is 0 Å². The summed E-state index contributed by atoms with van der Waals surface area (Å²) in [6, 6.07) is 12.9. The average molecular weight is 400 g/mol. The van der Waals surface area contributed by atoms with E-state index in [2.05, 4.69) is 46.7 Å². The van der Waals surface area contributed by atoms with Crippen LogP contribution in [0.4, 0.5) is 11.6 Å². The molecular weight excluding hydrogens is 376 g/mol. The molecule has 1 unspecified atom stereocenters. The Morgan fingerprint density at radius 3 is 2.80 bits per heavy atom. The molecule has 2 fully saturated rings. The second-order valence-electron chi connectivity index (χ2n) is 7.93. The van der Waals surface area contributed by atoms with E-state index in [1.54, 1.807) is 6.20 Å². The first-order valence-electron chi connectivity index (χ1n) is 10.2. The van der Waals surface area contributed by atoms with Gasteiger partial charge < -0.3 is 16.0 Å². The summed E-state index contributed by atoms with van der Waals surface area (Å²) >= 11 is 0. The highest BCUT2D eigenvalue weighted by Crippen LogP contribution is 2.29. The average Bonchev–Trinajstić information content (AvgIpc) is 3.37. The van der Waals surface area contributed by atoms with Crippen molar-refractivity contribution >= 4 is 29.3 Å². The molecule has 152 valence electrons. The van der Waals surface area contributed by atoms with E-state index in [0.717, 1.165) is 28.4 Å². The predicted octanol–water partition coefficient (Wildman–Crippen LogP) is 3.89. The standard InChI is InChI=1S/C23H24N6O/c1-14(16-6-4-3-5-7-16)25-20-12-21(27-19-8-9-19)29-23(28-20)18(13-24-29)10-17-11-22(30)26-15(17)2/h3-7,10,12-14,19,27H,2,8-9,11H2,1H3,(H,25,28)(H,26,30)/b17-10+. The number of benzene rings is 1. The van der Waals surface area contributed by atoms with Crippen molar-refractivity contribution in [3.05, 3.63) is 71.6 Å². The number of hydrogen-bond acceptors (Lipinski definition) is 5. The van der Waals surface area contributed by atoms with E-state index in [1.807, 2.05) is 34.9 Å². The molecular formula is C23H24N6O. The van der Waals surface area contributed by atoms with Gasteiger partial charge in [-0.3, -0.25) is 4.79 Å². The normalized spacial score (nSPS) is 18.6. The largest absolute Gasteiger partial charge is 0.367 e. The van der Waals surface area contributed by atoms with Crippen LogP contribution in [-0.4, -0.2) is 26.5 Å². The number of carbonyl (C=O) groups excluding carboxylic acids is 1. The monoisotopic (exact) mass is 400 g/mol. The highest BCUT2D eigenvalue weighted by atomic mass is 16.1. The topological polar surface area (TPSA) is 83.4 Å². The molecule has 1 aliphatic carbocycles. The van der Waals surface area contributed by atoms with Gasteiger partial charge in [-0.15, -0.1) is 0 Å². The minimum atomic E-state index is -0.0363. The Kier molecular flexibility index (Phi) is 4.50. The van der Waals surface area contributed by atoms with Gasteiger partial charge in [-0.25, -0.2) is 4.98 Å². The van der Waals surface area contributed by atoms with Gasteiger partial charge in [0.2, 0.25) is 5.91 Å². The van der Waals surface area contributed by atoms with Crippen molar-refractivity contribution in [1.29, 1.82) is 0 Å². The molecule has 0 bridgehead atoms. The first-order valence-corrected chi connectivity index (χ1v) is 10.2. The molecule has 1 amide bonds. The third-order valence-electron chi connectivity index (χ3n) is 5.45. The summed E-state index contributed by atoms with van der Waals surface area (Å²) in [6.45, 7) is 6.05. The van der Waals surface area contributed by atoms with Crippen LogP contribution in [0.15, 0.2) is 60.4 Å². The SMILES string of the molecule is C=C1NC(=O)C/C1=C\c1cnn2c(NC3CC3)cc(NC(C)c3ccccc3)nc12. The Morgan fingerprint density at radius 2 is 2.10 bits per heavy atom. The minimum Gasteiger partial charge on any atom is -0.367 e. The Hall–Kier alpha value is -3.61. The van der Waals surface area contributed by atoms with Crippen LogP contribution in [0.5, 0.6) is 0 Å². The lowest BCUT2D eigenvalue weighted by Gasteiger charge is -2.17. The van der Waals surface area contributed by atoms with Crippen LogP contribution in [0.2, 0.25) is 0 Å². The highest BCUT2D eigenvalue weighted by Gasteiger charge is 2.24. The quantitative estimate of drug-likeness (QED) is 0.585. The van der Waals surface area contributed by atoms with Gasteiger partial charge in [-0.05, 0) is 37.0 Å². The maximum Gasteiger partial charge on any atom is 0.228 e. The molecule has 2 aliphatic rings. The van der Waals surface area contributed by atoms with E-state index in [0.29, 0.717) is 18.2 Å². The summed E-state index contributed by atoms with van der Waals surface area (Å²) in [5.74, 6) is 1.65. The number of nitrogens with zero attached hydrogens (tertiary/aromatic N) is 3. The third kappa shape index (κ3) is 3.66. The predicted molar refractivity (Wildman–Crippen MR) is 118 cm³/mol. The molecule has 2 aromatic heterocycles. The van der Waals surface area contributed by atoms with Crippen LogP contribution >= 0.6 is 0 Å². The van der Waals surface area contributed by atoms with Gasteiger partial charge in [0.05, 0.1) is 12.6 Å². The van der Waals surface area contributed by atoms with Crippen molar-refractivity contribution in [3.63, 3.8) is 0 Å². The van der Waals surface area contributed by atoms with E-state index in [9.17, 15) is 4.79 Å². The summed E-state index contributed by atoms with van der Waals surface area (Å²) in [7, 11) is 0. The van der Waals surface area contributed by atoms with E-state index in [-0.39, 0.29) is 11.9 Å². The Labute approximate surface area is 174 Å². The molecule has 1 atom stereocenters. The highest BCUT2D eigenvalue weighted by molar-refractivity contribution is 5.89. The fourth-order valence-electron chi connectivity index (χ4n) is 3.64. The fraction of sp³-hybridized carbons (Fsp3) is 0.261. The van der Waals surface area contributed by atoms with Gasteiger partial charge in [0, 0.05) is 29.4 Å². The number of hydrogen-bond donors (Lipinski definition) is 3. The number of nitrogens with one attached hydrogen (secondary N) is 3. The van der Waals surface area contributed by atoms with Gasteiger partial charge in [-0.2, -0.15) is 9.61 Å². The second-order valence-corrected chi connectivity index (χ2v) is 7.93. The molecule has 1 saturated heterocycles. The lowest BCUT2D eigenvalue weighted by molar-refractivity contribution is -0.118. The lowest BCUT2D eigenvalue weighted by atomic mass is 10.1. The first kappa shape index (κ1) is 18.4. The molecule has 5 rings (SSSR count). The Balaban J connectivity index is 1.53. The summed E-state index contributed by atoms with van der Waals surface area (Å²) in [5, 5.41) is 14.4. The van der Waals surface area contributed by atoms with Gasteiger partial charge in [-0.1, -0.05) is 36.9 Å². The number of rotatable bonds is 6. The number of fused-ring (bicyclic) bond motifs is 1. The fourth-order valence-corrected chi connectivity index (χ4v) is 3.64. The van der Waals surface area contributed by atoms with Gasteiger partial charge in [0.15, 0.2) is 5.65 Å². The minimum absolute atomic E-state index is 0.0363. The molecule has 0 radical (unpaired) electrons. The van der Waals surface area contributed by atoms with Crippen molar-refractivity contribution < 1.29 is 4.79 Å². The molecule has 7 nitrogen and oxygen atoms in total. The lowest BCUT2D eigenvalue weighted by Crippen LogP contribution is -2.12. The van der Waals surface area contributed by atoms with Crippen molar-refractivity contribution in [2.75, 3.05) is 10.6 Å². The molecule has 1 aliphatic heterocycles. The van der Waals surface area contributed by atoms with E-state index < -0.39 is 0 Å². The zero-order valence-electron chi connectivity index (χ0n) is 16.9. The maximum atomic E-state index is 11.7. The van der Waals surface area contributed by atoms with Crippen molar-refractivity contribution in [2.45, 2.75) is 38.3 Å². The molecule has 3 heterocycles. The van der Waals surface area contributed by atoms with Crippen molar-refractivity contribution in [2.24, 2.45) is 0 Å². The first-order chi connectivity index (χ1) is 14.6. The van der Waals surface area contributed by atoms with Crippen molar-refractivity contribution in [1.82, 2.24) is 19.9 Å². The van der Waals surface area contributed by atoms with Crippen LogP contribution in [0.1, 0.15) is 43.4 Å². The van der Waals surface area contributed by atoms with Gasteiger partial charge in [0.25, 0.3) is 0 Å². The maximum absolute atomic E-state index is 11.7. The summed E-state index contributed by atoms with van der Waals surface area (Å²) in [5.41, 5.74) is 4.30. The van der Waals surface area contributed by atoms with Crippen LogP contribution in [0, 0.1) is 0 Å². The number of aromatic nitrogens is 3. The zero-order chi connectivity index (χ0) is 20.7. The van der Waals surface area contributed by atoms with Gasteiger partial charge >= 0.3 is 0 Å². The molecule has 3 N–H and O–H groups in total. The van der Waals surface area contributed by atoms with Gasteiger partial charge in [0.1, 0.15) is 11.6 Å². The molecule has 3 aromatic rings. The molecule has 0 spiro atoms. The van der Waals surface area contributed by atoms with E-state index in [4.69, 9.17) is 4.98 Å². The Bertz CT molecular complexity index is 1160. The van der Waals surface area contributed by atoms with E-state index in [1.165, 1.54) is 18.4 Å². The summed E-state index contributed by atoms with van der Waals surface area (Å²) < 4.78 is 1.83.